The van der Waals surface area contributed by atoms with Crippen LogP contribution in [0, 0.1) is 18.6 Å². The topological polar surface area (TPSA) is 148 Å². The zero-order valence-corrected chi connectivity index (χ0v) is 30.3. The maximum atomic E-state index is 14.7. The number of nitrogens with zero attached hydrogens (tertiary/aromatic N) is 6. The van der Waals surface area contributed by atoms with Gasteiger partial charge in [0.25, 0.3) is 10.0 Å². The van der Waals surface area contributed by atoms with Gasteiger partial charge in [-0.3, -0.25) is 0 Å². The number of aromatic nitrogens is 5. The number of anilines is 1. The molecule has 3 fully saturated rings. The number of methoxy groups -OCH3 is 1. The van der Waals surface area contributed by atoms with Crippen LogP contribution in [0.3, 0.4) is 0 Å². The molecule has 7 rings (SSSR count). The third-order valence-corrected chi connectivity index (χ3v) is 12.2. The zero-order valence-electron chi connectivity index (χ0n) is 28.7. The fraction of sp³-hybridized carbons (Fsp3) is 0.500. The second kappa shape index (κ2) is 13.7. The van der Waals surface area contributed by atoms with E-state index < -0.39 is 69.7 Å². The minimum Gasteiger partial charge on any atom is -0.467 e. The number of sulfonamides is 1. The van der Waals surface area contributed by atoms with Crippen molar-refractivity contribution in [2.24, 2.45) is 0 Å². The predicted molar refractivity (Wildman–Crippen MR) is 182 cm³/mol. The first-order valence-electron chi connectivity index (χ1n) is 16.7. The quantitative estimate of drug-likeness (QED) is 0.108. The number of thioether (sulfide) groups is 1. The van der Waals surface area contributed by atoms with E-state index >= 15 is 0 Å². The molecule has 1 saturated heterocycles. The molecule has 2 aromatic carbocycles. The van der Waals surface area contributed by atoms with Crippen molar-refractivity contribution in [2.75, 3.05) is 23.8 Å². The van der Waals surface area contributed by atoms with E-state index in [4.69, 9.17) is 28.9 Å². The molecule has 0 amide bonds. The maximum Gasteiger partial charge on any atom is 0.331 e. The van der Waals surface area contributed by atoms with Gasteiger partial charge in [0.05, 0.1) is 30.2 Å². The van der Waals surface area contributed by atoms with Crippen molar-refractivity contribution < 1.29 is 40.9 Å². The summed E-state index contributed by atoms with van der Waals surface area (Å²) in [5.74, 6) is -3.26. The molecule has 0 N–H and O–H groups in total. The van der Waals surface area contributed by atoms with Crippen molar-refractivity contribution in [3.05, 3.63) is 65.2 Å². The Morgan fingerprint density at radius 3 is 2.53 bits per heavy atom. The molecule has 6 unspecified atom stereocenters. The van der Waals surface area contributed by atoms with Gasteiger partial charge in [-0.25, -0.2) is 40.9 Å². The highest BCUT2D eigenvalue weighted by Gasteiger charge is 2.56. The summed E-state index contributed by atoms with van der Waals surface area (Å²) in [5.41, 5.74) is 1.75. The first-order chi connectivity index (χ1) is 24.3. The fourth-order valence-corrected chi connectivity index (χ4v) is 9.13. The highest BCUT2D eigenvalue weighted by atomic mass is 32.2. The fourth-order valence-electron chi connectivity index (χ4n) is 6.79. The first-order valence-corrected chi connectivity index (χ1v) is 19.1. The number of ether oxygens (including phenoxy) is 4. The Hall–Kier alpha value is -3.77. The number of aryl methyl sites for hydroxylation is 1. The number of esters is 1. The molecule has 4 aromatic rings. The van der Waals surface area contributed by atoms with Gasteiger partial charge in [0.1, 0.15) is 18.8 Å². The summed E-state index contributed by atoms with van der Waals surface area (Å²) in [6.07, 6.45) is -0.214. The predicted octanol–water partition coefficient (Wildman–Crippen LogP) is 5.08. The highest BCUT2D eigenvalue weighted by Crippen LogP contribution is 2.50. The Morgan fingerprint density at radius 2 is 1.82 bits per heavy atom. The van der Waals surface area contributed by atoms with E-state index in [0.29, 0.717) is 29.3 Å². The Balaban J connectivity index is 1.35. The molecule has 1 aliphatic heterocycles. The van der Waals surface area contributed by atoms with Crippen molar-refractivity contribution in [1.29, 1.82) is 0 Å². The van der Waals surface area contributed by atoms with Gasteiger partial charge in [-0.2, -0.15) is 0 Å². The maximum absolute atomic E-state index is 14.7. The largest absolute Gasteiger partial charge is 0.467 e. The molecule has 3 heterocycles. The minimum atomic E-state index is -4.28. The number of hydrogen-bond donors (Lipinski definition) is 0. The van der Waals surface area contributed by atoms with Crippen LogP contribution in [0.15, 0.2) is 52.5 Å². The normalized spacial score (nSPS) is 25.2. The van der Waals surface area contributed by atoms with Gasteiger partial charge in [0.15, 0.2) is 39.6 Å². The summed E-state index contributed by atoms with van der Waals surface area (Å²) in [6.45, 7) is 7.15. The standard InChI is InChI=1S/C34H38F2N6O7S2/c1-6-13-50-33-37-31-28(39-40-41(31)25-16-26(47-17-27(43)46-5)30-29(25)48-34(3,4)49-30)32(38-33)42(51(44,45)20-10-7-18(2)8-11-20)24-15-21(24)19-9-12-22(35)23(36)14-19/h7-12,14,21,24-26,29-30H,6,13,15-17H2,1-5H3. The molecule has 2 aliphatic carbocycles. The molecule has 3 aliphatic rings. The Bertz CT molecular complexity index is 2070. The molecular weight excluding hydrogens is 707 g/mol. The number of rotatable bonds is 12. The average molecular weight is 745 g/mol. The van der Waals surface area contributed by atoms with Gasteiger partial charge in [-0.05, 0) is 63.4 Å². The van der Waals surface area contributed by atoms with E-state index in [2.05, 4.69) is 10.3 Å². The van der Waals surface area contributed by atoms with Crippen LogP contribution >= 0.6 is 11.8 Å². The van der Waals surface area contributed by atoms with E-state index in [-0.39, 0.29) is 28.5 Å². The van der Waals surface area contributed by atoms with Crippen molar-refractivity contribution in [3.8, 4) is 0 Å². The van der Waals surface area contributed by atoms with E-state index in [0.717, 1.165) is 24.1 Å². The van der Waals surface area contributed by atoms with E-state index in [1.54, 1.807) is 30.7 Å². The second-order valence-corrected chi connectivity index (χ2v) is 16.3. The summed E-state index contributed by atoms with van der Waals surface area (Å²) < 4.78 is 83.6. The summed E-state index contributed by atoms with van der Waals surface area (Å²) in [7, 11) is -3.00. The Morgan fingerprint density at radius 1 is 1.08 bits per heavy atom. The SMILES string of the molecule is CCCSc1nc(N(C2CC2c2ccc(F)c(F)c2)S(=O)(=O)c2ccc(C)cc2)c2nnn(C3CC(OCC(=O)OC)C4OC(C)(C)OC43)c2n1. The van der Waals surface area contributed by atoms with Gasteiger partial charge < -0.3 is 18.9 Å². The lowest BCUT2D eigenvalue weighted by atomic mass is 10.1. The molecule has 51 heavy (non-hydrogen) atoms. The number of benzene rings is 2. The van der Waals surface area contributed by atoms with Crippen LogP contribution in [0.4, 0.5) is 14.6 Å². The third-order valence-electron chi connectivity index (χ3n) is 9.28. The van der Waals surface area contributed by atoms with Crippen LogP contribution in [-0.2, 0) is 33.8 Å². The number of hydrogen-bond acceptors (Lipinski definition) is 12. The molecule has 17 heteroatoms. The Kier molecular flexibility index (Phi) is 9.54. The number of fused-ring (bicyclic) bond motifs is 2. The molecule has 0 radical (unpaired) electrons. The highest BCUT2D eigenvalue weighted by molar-refractivity contribution is 7.99. The lowest BCUT2D eigenvalue weighted by Crippen LogP contribution is -2.35. The van der Waals surface area contributed by atoms with Gasteiger partial charge in [-0.15, -0.1) is 5.10 Å². The zero-order chi connectivity index (χ0) is 36.2. The summed E-state index contributed by atoms with van der Waals surface area (Å²) >= 11 is 1.36. The van der Waals surface area contributed by atoms with Crippen LogP contribution in [-0.4, -0.2) is 89.0 Å². The van der Waals surface area contributed by atoms with Crippen molar-refractivity contribution in [2.45, 2.75) is 99.1 Å². The molecular formula is C34H38F2N6O7S2. The number of carbonyl (C=O) groups is 1. The third kappa shape index (κ3) is 6.81. The van der Waals surface area contributed by atoms with Crippen LogP contribution in [0.25, 0.3) is 11.2 Å². The van der Waals surface area contributed by atoms with Crippen molar-refractivity contribution in [3.63, 3.8) is 0 Å². The average Bonchev–Trinajstić information content (AvgIpc) is 3.47. The van der Waals surface area contributed by atoms with E-state index in [1.807, 2.05) is 13.8 Å². The monoisotopic (exact) mass is 744 g/mol. The van der Waals surface area contributed by atoms with E-state index in [9.17, 15) is 22.0 Å². The van der Waals surface area contributed by atoms with Crippen LogP contribution in [0.1, 0.15) is 63.1 Å². The smallest absolute Gasteiger partial charge is 0.331 e. The molecule has 6 atom stereocenters. The second-order valence-electron chi connectivity index (χ2n) is 13.4. The molecule has 2 saturated carbocycles. The molecule has 0 spiro atoms. The molecule has 272 valence electrons. The van der Waals surface area contributed by atoms with Crippen LogP contribution < -0.4 is 4.31 Å². The summed E-state index contributed by atoms with van der Waals surface area (Å²) in [4.78, 5) is 21.6. The molecule has 13 nitrogen and oxygen atoms in total. The van der Waals surface area contributed by atoms with Crippen LogP contribution in [0.5, 0.6) is 0 Å². The van der Waals surface area contributed by atoms with Gasteiger partial charge >= 0.3 is 5.97 Å². The van der Waals surface area contributed by atoms with Crippen LogP contribution in [0.2, 0.25) is 0 Å². The molecule has 0 bridgehead atoms. The first kappa shape index (κ1) is 35.6. The lowest BCUT2D eigenvalue weighted by molar-refractivity contribution is -0.173. The minimum absolute atomic E-state index is 0.0254. The molecule has 2 aromatic heterocycles. The summed E-state index contributed by atoms with van der Waals surface area (Å²) in [5, 5.41) is 9.29. The van der Waals surface area contributed by atoms with Gasteiger partial charge in [0, 0.05) is 18.1 Å². The van der Waals surface area contributed by atoms with E-state index in [1.165, 1.54) is 41.4 Å². The number of halogens is 2. The van der Waals surface area contributed by atoms with Gasteiger partial charge in [-0.1, -0.05) is 47.7 Å². The number of carbonyl (C=O) groups excluding carboxylic acids is 1. The van der Waals surface area contributed by atoms with Gasteiger partial charge in [0.2, 0.25) is 0 Å². The lowest BCUT2D eigenvalue weighted by Gasteiger charge is -2.25. The Labute approximate surface area is 298 Å². The van der Waals surface area contributed by atoms with Crippen molar-refractivity contribution >= 4 is 44.7 Å². The van der Waals surface area contributed by atoms with Crippen molar-refractivity contribution in [1.82, 2.24) is 25.0 Å². The summed E-state index contributed by atoms with van der Waals surface area (Å²) in [6, 6.07) is 8.88.